The topological polar surface area (TPSA) is 81.0 Å². The molecular weight excluding hydrogens is 240 g/mol. The van der Waals surface area contributed by atoms with E-state index in [4.69, 9.17) is 0 Å². The molecule has 2 rings (SSSR count). The maximum atomic E-state index is 10.5. The van der Waals surface area contributed by atoms with Gasteiger partial charge in [0.15, 0.2) is 5.13 Å². The Balaban J connectivity index is 2.02. The van der Waals surface area contributed by atoms with Crippen LogP contribution in [-0.2, 0) is 6.54 Å². The predicted octanol–water partition coefficient (Wildman–Crippen LogP) is 2.37. The summed E-state index contributed by atoms with van der Waals surface area (Å²) in [4.78, 5) is 18.0. The first-order valence-corrected chi connectivity index (χ1v) is 5.72. The second-order valence-corrected chi connectivity index (χ2v) is 4.43. The maximum Gasteiger partial charge on any atom is 0.345 e. The Morgan fingerprint density at radius 2 is 2.35 bits per heavy atom. The number of rotatable bonds is 4. The van der Waals surface area contributed by atoms with Crippen LogP contribution in [0.5, 0.6) is 0 Å². The van der Waals surface area contributed by atoms with E-state index in [0.29, 0.717) is 11.7 Å². The summed E-state index contributed by atoms with van der Waals surface area (Å²) < 4.78 is 0. The van der Waals surface area contributed by atoms with Crippen LogP contribution in [0.15, 0.2) is 24.7 Å². The van der Waals surface area contributed by atoms with Crippen molar-refractivity contribution in [1.82, 2.24) is 9.97 Å². The molecule has 2 aromatic rings. The van der Waals surface area contributed by atoms with Gasteiger partial charge in [-0.25, -0.2) is 4.98 Å². The quantitative estimate of drug-likeness (QED) is 0.665. The molecule has 0 saturated carbocycles. The zero-order valence-corrected chi connectivity index (χ0v) is 9.90. The highest BCUT2D eigenvalue weighted by Crippen LogP contribution is 2.25. The first kappa shape index (κ1) is 11.5. The average molecular weight is 250 g/mol. The molecule has 17 heavy (non-hydrogen) atoms. The number of hydrogen-bond donors (Lipinski definition) is 1. The summed E-state index contributed by atoms with van der Waals surface area (Å²) in [5.74, 6) is 0. The summed E-state index contributed by atoms with van der Waals surface area (Å²) in [6.45, 7) is 2.55. The van der Waals surface area contributed by atoms with Crippen LogP contribution >= 0.6 is 11.3 Å². The molecule has 0 radical (unpaired) electrons. The van der Waals surface area contributed by atoms with E-state index in [0.717, 1.165) is 22.5 Å². The second-order valence-electron chi connectivity index (χ2n) is 3.42. The SMILES string of the molecule is Cc1ccncc1CNc1ncc([N+](=O)[O-])s1. The van der Waals surface area contributed by atoms with Crippen LogP contribution in [0.3, 0.4) is 0 Å². The molecule has 0 aliphatic rings. The minimum Gasteiger partial charge on any atom is -0.357 e. The normalized spacial score (nSPS) is 10.2. The number of nitrogens with zero attached hydrogens (tertiary/aromatic N) is 3. The van der Waals surface area contributed by atoms with Gasteiger partial charge in [-0.05, 0) is 35.5 Å². The van der Waals surface area contributed by atoms with Gasteiger partial charge in [0.05, 0.1) is 4.92 Å². The van der Waals surface area contributed by atoms with Crippen molar-refractivity contribution < 1.29 is 4.92 Å². The van der Waals surface area contributed by atoms with Gasteiger partial charge in [0.25, 0.3) is 0 Å². The molecule has 6 nitrogen and oxygen atoms in total. The van der Waals surface area contributed by atoms with Crippen molar-refractivity contribution in [3.05, 3.63) is 45.9 Å². The molecule has 88 valence electrons. The summed E-state index contributed by atoms with van der Waals surface area (Å²) in [7, 11) is 0. The molecule has 0 bridgehead atoms. The lowest BCUT2D eigenvalue weighted by Gasteiger charge is -2.04. The van der Waals surface area contributed by atoms with Crippen molar-refractivity contribution in [2.75, 3.05) is 5.32 Å². The lowest BCUT2D eigenvalue weighted by atomic mass is 10.2. The fourth-order valence-electron chi connectivity index (χ4n) is 1.28. The molecule has 0 saturated heterocycles. The smallest absolute Gasteiger partial charge is 0.345 e. The van der Waals surface area contributed by atoms with Crippen molar-refractivity contribution in [2.24, 2.45) is 0 Å². The van der Waals surface area contributed by atoms with Gasteiger partial charge in [-0.1, -0.05) is 0 Å². The summed E-state index contributed by atoms with van der Waals surface area (Å²) in [5.41, 5.74) is 2.17. The molecular formula is C10H10N4O2S. The molecule has 0 spiro atoms. The van der Waals surface area contributed by atoms with Crippen LogP contribution < -0.4 is 5.32 Å². The molecule has 0 unspecified atom stereocenters. The number of anilines is 1. The molecule has 0 atom stereocenters. The average Bonchev–Trinajstić information content (AvgIpc) is 2.77. The molecule has 2 heterocycles. The Labute approximate surface area is 102 Å². The highest BCUT2D eigenvalue weighted by Gasteiger charge is 2.11. The van der Waals surface area contributed by atoms with Gasteiger partial charge in [0.1, 0.15) is 6.20 Å². The summed E-state index contributed by atoms with van der Waals surface area (Å²) in [5, 5.41) is 14.1. The van der Waals surface area contributed by atoms with Crippen molar-refractivity contribution in [2.45, 2.75) is 13.5 Å². The van der Waals surface area contributed by atoms with E-state index in [1.54, 1.807) is 12.4 Å². The van der Waals surface area contributed by atoms with Crippen LogP contribution in [-0.4, -0.2) is 14.9 Å². The lowest BCUT2D eigenvalue weighted by Crippen LogP contribution is -2.01. The first-order valence-electron chi connectivity index (χ1n) is 4.90. The van der Waals surface area contributed by atoms with Gasteiger partial charge in [0.2, 0.25) is 0 Å². The zero-order chi connectivity index (χ0) is 12.3. The van der Waals surface area contributed by atoms with Gasteiger partial charge >= 0.3 is 5.00 Å². The maximum absolute atomic E-state index is 10.5. The van der Waals surface area contributed by atoms with Gasteiger partial charge in [-0.3, -0.25) is 15.1 Å². The Bertz CT molecular complexity index is 541. The van der Waals surface area contributed by atoms with Gasteiger partial charge in [-0.15, -0.1) is 0 Å². The molecule has 0 aliphatic carbocycles. The predicted molar refractivity (Wildman–Crippen MR) is 65.1 cm³/mol. The van der Waals surface area contributed by atoms with Crippen molar-refractivity contribution in [3.63, 3.8) is 0 Å². The third kappa shape index (κ3) is 2.76. The van der Waals surface area contributed by atoms with E-state index >= 15 is 0 Å². The zero-order valence-electron chi connectivity index (χ0n) is 9.08. The highest BCUT2D eigenvalue weighted by molar-refractivity contribution is 7.18. The number of aromatic nitrogens is 2. The molecule has 7 heteroatoms. The summed E-state index contributed by atoms with van der Waals surface area (Å²) in [6, 6.07) is 1.92. The van der Waals surface area contributed by atoms with Crippen LogP contribution in [0.1, 0.15) is 11.1 Å². The molecule has 0 aromatic carbocycles. The monoisotopic (exact) mass is 250 g/mol. The van der Waals surface area contributed by atoms with Crippen molar-refractivity contribution in [3.8, 4) is 0 Å². The van der Waals surface area contributed by atoms with E-state index in [1.165, 1.54) is 6.20 Å². The molecule has 0 fully saturated rings. The number of hydrogen-bond acceptors (Lipinski definition) is 6. The van der Waals surface area contributed by atoms with Gasteiger partial charge in [-0.2, -0.15) is 0 Å². The Morgan fingerprint density at radius 3 is 3.00 bits per heavy atom. The van der Waals surface area contributed by atoms with Gasteiger partial charge in [0, 0.05) is 18.9 Å². The molecule has 1 N–H and O–H groups in total. The fraction of sp³-hybridized carbons (Fsp3) is 0.200. The minimum absolute atomic E-state index is 0.0374. The van der Waals surface area contributed by atoms with Crippen molar-refractivity contribution in [1.29, 1.82) is 0 Å². The molecule has 0 amide bonds. The first-order chi connectivity index (χ1) is 8.16. The van der Waals surface area contributed by atoms with E-state index in [2.05, 4.69) is 15.3 Å². The van der Waals surface area contributed by atoms with Crippen LogP contribution in [0.2, 0.25) is 0 Å². The Morgan fingerprint density at radius 1 is 1.53 bits per heavy atom. The van der Waals surface area contributed by atoms with Crippen molar-refractivity contribution >= 4 is 21.5 Å². The number of nitro groups is 1. The Hall–Kier alpha value is -2.02. The van der Waals surface area contributed by atoms with E-state index < -0.39 is 4.92 Å². The summed E-state index contributed by atoms with van der Waals surface area (Å²) >= 11 is 1.02. The van der Waals surface area contributed by atoms with E-state index in [9.17, 15) is 10.1 Å². The third-order valence-electron chi connectivity index (χ3n) is 2.25. The van der Waals surface area contributed by atoms with E-state index in [-0.39, 0.29) is 5.00 Å². The second kappa shape index (κ2) is 4.88. The minimum atomic E-state index is -0.446. The highest BCUT2D eigenvalue weighted by atomic mass is 32.1. The number of pyridine rings is 1. The molecule has 2 aromatic heterocycles. The van der Waals surface area contributed by atoms with Gasteiger partial charge < -0.3 is 5.32 Å². The molecule has 0 aliphatic heterocycles. The van der Waals surface area contributed by atoms with Crippen LogP contribution in [0.25, 0.3) is 0 Å². The number of nitrogens with one attached hydrogen (secondary N) is 1. The standard InChI is InChI=1S/C10H10N4O2S/c1-7-2-3-11-4-8(7)5-12-10-13-6-9(17-10)14(15)16/h2-4,6H,5H2,1H3,(H,12,13). The lowest BCUT2D eigenvalue weighted by molar-refractivity contribution is -0.380. The van der Waals surface area contributed by atoms with Crippen LogP contribution in [0, 0.1) is 17.0 Å². The van der Waals surface area contributed by atoms with Crippen LogP contribution in [0.4, 0.5) is 10.1 Å². The van der Waals surface area contributed by atoms with E-state index in [1.807, 2.05) is 13.0 Å². The number of thiazole rings is 1. The largest absolute Gasteiger partial charge is 0.357 e. The summed E-state index contributed by atoms with van der Waals surface area (Å²) in [6.07, 6.45) is 4.75. The number of aryl methyl sites for hydroxylation is 1. The third-order valence-corrected chi connectivity index (χ3v) is 3.16. The fourth-order valence-corrected chi connectivity index (χ4v) is 1.91. The Kier molecular flexibility index (Phi) is 3.29.